The van der Waals surface area contributed by atoms with E-state index in [9.17, 15) is 9.59 Å². The van der Waals surface area contributed by atoms with E-state index in [1.165, 1.54) is 10.2 Å². The molecule has 1 saturated carbocycles. The van der Waals surface area contributed by atoms with Gasteiger partial charge in [-0.2, -0.15) is 10.2 Å². The molecule has 1 heterocycles. The van der Waals surface area contributed by atoms with E-state index in [-0.39, 0.29) is 17.2 Å². The van der Waals surface area contributed by atoms with Crippen LogP contribution in [-0.4, -0.2) is 21.4 Å². The van der Waals surface area contributed by atoms with E-state index in [1.54, 1.807) is 24.3 Å². The number of fused-ring (bicyclic) bond motifs is 1. The number of nitrogens with one attached hydrogen (secondary N) is 1. The molecule has 1 amide bonds. The van der Waals surface area contributed by atoms with E-state index >= 15 is 0 Å². The van der Waals surface area contributed by atoms with Crippen LogP contribution in [0.25, 0.3) is 10.8 Å². The van der Waals surface area contributed by atoms with Crippen LogP contribution >= 0.6 is 0 Å². The van der Waals surface area contributed by atoms with Gasteiger partial charge in [-0.05, 0) is 49.7 Å². The molecule has 0 atom stereocenters. The number of rotatable bonds is 5. The molecule has 0 bridgehead atoms. The Morgan fingerprint density at radius 2 is 1.73 bits per heavy atom. The molecular weight excluding hydrogens is 376 g/mol. The van der Waals surface area contributed by atoms with Crippen LogP contribution in [0.3, 0.4) is 0 Å². The minimum absolute atomic E-state index is 0.172. The van der Waals surface area contributed by atoms with Gasteiger partial charge in [0.15, 0.2) is 5.69 Å². The highest BCUT2D eigenvalue weighted by molar-refractivity contribution is 6.05. The first-order chi connectivity index (χ1) is 14.7. The first-order valence-corrected chi connectivity index (χ1v) is 10.6. The van der Waals surface area contributed by atoms with E-state index < -0.39 is 0 Å². The van der Waals surface area contributed by atoms with Crippen molar-refractivity contribution in [2.45, 2.75) is 51.5 Å². The van der Waals surface area contributed by atoms with Gasteiger partial charge in [0, 0.05) is 17.6 Å². The molecule has 6 heteroatoms. The predicted octanol–water partition coefficient (Wildman–Crippen LogP) is 4.25. The molecule has 0 unspecified atom stereocenters. The second-order valence-electron chi connectivity index (χ2n) is 7.73. The van der Waals surface area contributed by atoms with Crippen LogP contribution in [0.15, 0.2) is 64.5 Å². The van der Waals surface area contributed by atoms with Crippen molar-refractivity contribution < 1.29 is 4.79 Å². The largest absolute Gasteiger partial charge is 0.292 e. The predicted molar refractivity (Wildman–Crippen MR) is 119 cm³/mol. The minimum Gasteiger partial charge on any atom is -0.267 e. The maximum atomic E-state index is 12.9. The fraction of sp³-hybridized carbons (Fsp3) is 0.333. The summed E-state index contributed by atoms with van der Waals surface area (Å²) >= 11 is 0. The molecule has 154 valence electrons. The van der Waals surface area contributed by atoms with Gasteiger partial charge in [0.1, 0.15) is 0 Å². The monoisotopic (exact) mass is 402 g/mol. The Labute approximate surface area is 175 Å². The van der Waals surface area contributed by atoms with Crippen LogP contribution in [0, 0.1) is 0 Å². The summed E-state index contributed by atoms with van der Waals surface area (Å²) in [6.07, 6.45) is 4.55. The molecule has 30 heavy (non-hydrogen) atoms. The Hall–Kier alpha value is -3.28. The summed E-state index contributed by atoms with van der Waals surface area (Å²) in [7, 11) is 0. The third kappa shape index (κ3) is 4.17. The number of benzene rings is 2. The number of hydrogen-bond donors (Lipinski definition) is 1. The van der Waals surface area contributed by atoms with Crippen molar-refractivity contribution in [3.63, 3.8) is 0 Å². The van der Waals surface area contributed by atoms with Crippen molar-refractivity contribution in [1.29, 1.82) is 0 Å². The lowest BCUT2D eigenvalue weighted by atomic mass is 9.83. The van der Waals surface area contributed by atoms with Gasteiger partial charge >= 0.3 is 0 Å². The Kier molecular flexibility index (Phi) is 6.02. The van der Waals surface area contributed by atoms with Gasteiger partial charge in [0.2, 0.25) is 0 Å². The highest BCUT2D eigenvalue weighted by atomic mass is 16.2. The van der Waals surface area contributed by atoms with Crippen molar-refractivity contribution in [3.8, 4) is 0 Å². The van der Waals surface area contributed by atoms with Gasteiger partial charge in [-0.25, -0.2) is 10.1 Å². The lowest BCUT2D eigenvalue weighted by molar-refractivity contribution is 0.0949. The summed E-state index contributed by atoms with van der Waals surface area (Å²) in [5.41, 5.74) is 5.11. The molecule has 1 aliphatic rings. The summed E-state index contributed by atoms with van der Waals surface area (Å²) in [5.74, 6) is 0.165. The van der Waals surface area contributed by atoms with Crippen LogP contribution in [0.2, 0.25) is 0 Å². The van der Waals surface area contributed by atoms with Crippen molar-refractivity contribution in [2.24, 2.45) is 5.10 Å². The molecule has 3 aromatic rings. The number of hydrogen-bond acceptors (Lipinski definition) is 4. The zero-order valence-corrected chi connectivity index (χ0v) is 17.2. The normalized spacial score (nSPS) is 16.4. The Balaban J connectivity index is 1.50. The summed E-state index contributed by atoms with van der Waals surface area (Å²) in [5, 5.41) is 9.77. The van der Waals surface area contributed by atoms with E-state index in [0.29, 0.717) is 23.2 Å². The number of carbonyl (C=O) groups is 1. The molecule has 0 spiro atoms. The minimum atomic E-state index is -0.381. The van der Waals surface area contributed by atoms with Crippen LogP contribution in [-0.2, 0) is 6.54 Å². The first kappa shape index (κ1) is 20.0. The number of aryl methyl sites for hydroxylation is 1. The van der Waals surface area contributed by atoms with Crippen molar-refractivity contribution in [3.05, 3.63) is 76.2 Å². The number of amides is 1. The average Bonchev–Trinajstić information content (AvgIpc) is 2.80. The molecule has 0 radical (unpaired) electrons. The first-order valence-electron chi connectivity index (χ1n) is 10.6. The van der Waals surface area contributed by atoms with Crippen LogP contribution < -0.4 is 11.0 Å². The molecule has 6 nitrogen and oxygen atoms in total. The highest BCUT2D eigenvalue weighted by Gasteiger charge is 2.20. The fourth-order valence-electron chi connectivity index (χ4n) is 4.07. The number of aromatic nitrogens is 2. The average molecular weight is 402 g/mol. The van der Waals surface area contributed by atoms with Crippen LogP contribution in [0.5, 0.6) is 0 Å². The van der Waals surface area contributed by atoms with Crippen molar-refractivity contribution in [2.75, 3.05) is 0 Å². The number of hydrazone groups is 1. The maximum Gasteiger partial charge on any atom is 0.292 e. The topological polar surface area (TPSA) is 76.3 Å². The molecule has 0 aliphatic heterocycles. The molecule has 0 saturated heterocycles. The molecule has 4 rings (SSSR count). The highest BCUT2D eigenvalue weighted by Crippen LogP contribution is 2.31. The van der Waals surface area contributed by atoms with Gasteiger partial charge in [0.25, 0.3) is 11.5 Å². The lowest BCUT2D eigenvalue weighted by Crippen LogP contribution is -2.29. The molecule has 1 N–H and O–H groups in total. The van der Waals surface area contributed by atoms with E-state index in [4.69, 9.17) is 0 Å². The van der Waals surface area contributed by atoms with E-state index in [2.05, 4.69) is 39.9 Å². The summed E-state index contributed by atoms with van der Waals surface area (Å²) in [4.78, 5) is 25.4. The third-order valence-electron chi connectivity index (χ3n) is 5.67. The molecular formula is C24H26N4O2. The zero-order chi connectivity index (χ0) is 20.9. The fourth-order valence-corrected chi connectivity index (χ4v) is 4.07. The van der Waals surface area contributed by atoms with Gasteiger partial charge < -0.3 is 0 Å². The second kappa shape index (κ2) is 9.03. The van der Waals surface area contributed by atoms with Gasteiger partial charge in [-0.1, -0.05) is 55.5 Å². The quantitative estimate of drug-likeness (QED) is 0.648. The Bertz CT molecular complexity index is 1120. The molecule has 2 aromatic carbocycles. The number of nitrogens with zero attached hydrogens (tertiary/aromatic N) is 3. The van der Waals surface area contributed by atoms with Gasteiger partial charge in [-0.15, -0.1) is 0 Å². The smallest absolute Gasteiger partial charge is 0.267 e. The van der Waals surface area contributed by atoms with Crippen LogP contribution in [0.4, 0.5) is 0 Å². The third-order valence-corrected chi connectivity index (χ3v) is 5.67. The summed E-state index contributed by atoms with van der Waals surface area (Å²) < 4.78 is 1.37. The maximum absolute atomic E-state index is 12.9. The molecule has 1 aliphatic carbocycles. The standard InChI is InChI=1S/C24H26N4O2/c1-2-16-28-24(30)21-11-7-6-10-20(21)22(27-28)23(29)26-25-19-14-12-18(13-15-19)17-8-4-3-5-9-17/h3-11,18H,2,12-16H2,1H3,(H,26,29). The lowest BCUT2D eigenvalue weighted by Gasteiger charge is -2.23. The summed E-state index contributed by atoms with van der Waals surface area (Å²) in [6, 6.07) is 17.6. The van der Waals surface area contributed by atoms with E-state index in [1.807, 2.05) is 13.0 Å². The zero-order valence-electron chi connectivity index (χ0n) is 17.2. The van der Waals surface area contributed by atoms with Crippen LogP contribution in [0.1, 0.15) is 61.0 Å². The van der Waals surface area contributed by atoms with Crippen molar-refractivity contribution >= 4 is 22.4 Å². The molecule has 1 aromatic heterocycles. The number of carbonyl (C=O) groups excluding carboxylic acids is 1. The van der Waals surface area contributed by atoms with Gasteiger partial charge in [0.05, 0.1) is 5.39 Å². The Morgan fingerprint density at radius 1 is 1.07 bits per heavy atom. The van der Waals surface area contributed by atoms with E-state index in [0.717, 1.165) is 37.8 Å². The van der Waals surface area contributed by atoms with Gasteiger partial charge in [-0.3, -0.25) is 9.59 Å². The molecule has 1 fully saturated rings. The summed E-state index contributed by atoms with van der Waals surface area (Å²) in [6.45, 7) is 2.44. The van der Waals surface area contributed by atoms with Crippen molar-refractivity contribution in [1.82, 2.24) is 15.2 Å². The second-order valence-corrected chi connectivity index (χ2v) is 7.73. The SMILES string of the molecule is CCCn1nc(C(=O)NN=C2CCC(c3ccccc3)CC2)c2ccccc2c1=O. The Morgan fingerprint density at radius 3 is 2.43 bits per heavy atom.